The minimum absolute atomic E-state index is 0.111. The van der Waals surface area contributed by atoms with Crippen LogP contribution < -0.4 is 5.32 Å². The van der Waals surface area contributed by atoms with Crippen LogP contribution in [0.2, 0.25) is 0 Å². The molecule has 7 heteroatoms. The van der Waals surface area contributed by atoms with Gasteiger partial charge in [0.15, 0.2) is 5.65 Å². The van der Waals surface area contributed by atoms with Gasteiger partial charge in [0.25, 0.3) is 0 Å². The number of fused-ring (bicyclic) bond motifs is 1. The van der Waals surface area contributed by atoms with Crippen molar-refractivity contribution in [3.05, 3.63) is 48.4 Å². The van der Waals surface area contributed by atoms with Gasteiger partial charge in [-0.25, -0.2) is 14.4 Å². The van der Waals surface area contributed by atoms with Crippen molar-refractivity contribution in [3.63, 3.8) is 0 Å². The fourth-order valence-electron chi connectivity index (χ4n) is 3.16. The van der Waals surface area contributed by atoms with Gasteiger partial charge in [-0.3, -0.25) is 5.10 Å². The lowest BCUT2D eigenvalue weighted by molar-refractivity contribution is 0.0335. The molecule has 1 saturated carbocycles. The van der Waals surface area contributed by atoms with Crippen LogP contribution in [0, 0.1) is 5.92 Å². The quantitative estimate of drug-likeness (QED) is 0.690. The number of aromatic amines is 1. The summed E-state index contributed by atoms with van der Waals surface area (Å²) in [4.78, 5) is 8.41. The van der Waals surface area contributed by atoms with E-state index in [1.807, 2.05) is 18.2 Å². The molecule has 0 spiro atoms. The first-order valence-corrected chi connectivity index (χ1v) is 8.47. The molecule has 1 fully saturated rings. The molecule has 4 rings (SSSR count). The number of alkyl halides is 1. The Bertz CT molecular complexity index is 818. The second-order valence-corrected chi connectivity index (χ2v) is 6.45. The number of ether oxygens (including phenoxy) is 1. The van der Waals surface area contributed by atoms with Crippen molar-refractivity contribution < 1.29 is 9.13 Å². The first kappa shape index (κ1) is 16.0. The van der Waals surface area contributed by atoms with E-state index >= 15 is 0 Å². The van der Waals surface area contributed by atoms with Crippen LogP contribution in [0.3, 0.4) is 0 Å². The van der Waals surface area contributed by atoms with Crippen LogP contribution in [0.4, 0.5) is 10.2 Å². The predicted molar refractivity (Wildman–Crippen MR) is 92.9 cm³/mol. The monoisotopic (exact) mass is 341 g/mol. The van der Waals surface area contributed by atoms with E-state index in [0.29, 0.717) is 24.1 Å². The lowest BCUT2D eigenvalue weighted by Gasteiger charge is -2.36. The van der Waals surface area contributed by atoms with Gasteiger partial charge >= 0.3 is 0 Å². The Morgan fingerprint density at radius 2 is 2.08 bits per heavy atom. The first-order valence-electron chi connectivity index (χ1n) is 8.47. The molecule has 0 amide bonds. The zero-order chi connectivity index (χ0) is 17.1. The summed E-state index contributed by atoms with van der Waals surface area (Å²) < 4.78 is 19.6. The molecule has 25 heavy (non-hydrogen) atoms. The fraction of sp³-hybridized carbons (Fsp3) is 0.389. The SMILES string of the molecule is FC(COCC1CC(Nc2ncnc3[nH]ncc23)C1)c1ccccc1. The highest BCUT2D eigenvalue weighted by Gasteiger charge is 2.30. The normalized spacial score (nSPS) is 21.0. The van der Waals surface area contributed by atoms with E-state index in [4.69, 9.17) is 4.74 Å². The average Bonchev–Trinajstić information content (AvgIpc) is 3.09. The molecule has 130 valence electrons. The van der Waals surface area contributed by atoms with Gasteiger partial charge < -0.3 is 10.1 Å². The molecule has 1 unspecified atom stereocenters. The molecular formula is C18H20FN5O. The minimum Gasteiger partial charge on any atom is -0.378 e. The largest absolute Gasteiger partial charge is 0.378 e. The number of rotatable bonds is 7. The molecular weight excluding hydrogens is 321 g/mol. The molecule has 0 bridgehead atoms. The van der Waals surface area contributed by atoms with Crippen LogP contribution >= 0.6 is 0 Å². The first-order chi connectivity index (χ1) is 12.3. The lowest BCUT2D eigenvalue weighted by atomic mass is 9.81. The van der Waals surface area contributed by atoms with Crippen molar-refractivity contribution >= 4 is 16.9 Å². The van der Waals surface area contributed by atoms with Gasteiger partial charge in [0.2, 0.25) is 0 Å². The van der Waals surface area contributed by atoms with Crippen LogP contribution in [-0.4, -0.2) is 39.4 Å². The Morgan fingerprint density at radius 3 is 2.92 bits per heavy atom. The molecule has 1 atom stereocenters. The summed E-state index contributed by atoms with van der Waals surface area (Å²) in [5.74, 6) is 1.26. The van der Waals surface area contributed by atoms with E-state index in [0.717, 1.165) is 29.7 Å². The number of benzene rings is 1. The van der Waals surface area contributed by atoms with E-state index in [1.54, 1.807) is 18.3 Å². The molecule has 3 aromatic rings. The Hall–Kier alpha value is -2.54. The van der Waals surface area contributed by atoms with E-state index < -0.39 is 6.17 Å². The molecule has 6 nitrogen and oxygen atoms in total. The Labute approximate surface area is 144 Å². The smallest absolute Gasteiger partial charge is 0.160 e. The van der Waals surface area contributed by atoms with Crippen LogP contribution in [0.15, 0.2) is 42.9 Å². The van der Waals surface area contributed by atoms with Crippen LogP contribution in [-0.2, 0) is 4.74 Å². The number of aromatic nitrogens is 4. The van der Waals surface area contributed by atoms with Gasteiger partial charge in [0.1, 0.15) is 18.3 Å². The standard InChI is InChI=1S/C18H20FN5O/c19-16(13-4-2-1-3-5-13)10-25-9-12-6-14(7-12)23-17-15-8-22-24-18(15)21-11-20-17/h1-5,8,11-12,14,16H,6-7,9-10H2,(H2,20,21,22,23,24). The topological polar surface area (TPSA) is 75.7 Å². The molecule has 0 aliphatic heterocycles. The van der Waals surface area contributed by atoms with Crippen molar-refractivity contribution in [2.45, 2.75) is 25.1 Å². The number of hydrogen-bond donors (Lipinski definition) is 2. The summed E-state index contributed by atoms with van der Waals surface area (Å²) in [7, 11) is 0. The fourth-order valence-corrected chi connectivity index (χ4v) is 3.16. The van der Waals surface area contributed by atoms with Crippen LogP contribution in [0.25, 0.3) is 11.0 Å². The van der Waals surface area contributed by atoms with Gasteiger partial charge in [-0.05, 0) is 24.3 Å². The maximum Gasteiger partial charge on any atom is 0.160 e. The number of halogens is 1. The lowest BCUT2D eigenvalue weighted by Crippen LogP contribution is -2.38. The highest BCUT2D eigenvalue weighted by molar-refractivity contribution is 5.85. The van der Waals surface area contributed by atoms with Crippen molar-refractivity contribution in [1.82, 2.24) is 20.2 Å². The average molecular weight is 341 g/mol. The number of anilines is 1. The van der Waals surface area contributed by atoms with E-state index in [9.17, 15) is 4.39 Å². The number of nitrogens with zero attached hydrogens (tertiary/aromatic N) is 3. The van der Waals surface area contributed by atoms with Gasteiger partial charge in [-0.15, -0.1) is 0 Å². The summed E-state index contributed by atoms with van der Waals surface area (Å²) in [6.45, 7) is 0.705. The summed E-state index contributed by atoms with van der Waals surface area (Å²) in [5.41, 5.74) is 1.40. The van der Waals surface area contributed by atoms with Gasteiger partial charge in [0, 0.05) is 12.6 Å². The molecule has 0 radical (unpaired) electrons. The van der Waals surface area contributed by atoms with Gasteiger partial charge in [0.05, 0.1) is 18.2 Å². The maximum absolute atomic E-state index is 14.0. The minimum atomic E-state index is -1.06. The third-order valence-electron chi connectivity index (χ3n) is 4.60. The van der Waals surface area contributed by atoms with Crippen LogP contribution in [0.5, 0.6) is 0 Å². The predicted octanol–water partition coefficient (Wildman–Crippen LogP) is 3.27. The van der Waals surface area contributed by atoms with Crippen molar-refractivity contribution in [3.8, 4) is 0 Å². The Balaban J connectivity index is 1.20. The maximum atomic E-state index is 14.0. The zero-order valence-corrected chi connectivity index (χ0v) is 13.7. The molecule has 1 aromatic carbocycles. The molecule has 2 heterocycles. The van der Waals surface area contributed by atoms with E-state index in [2.05, 4.69) is 25.5 Å². The molecule has 1 aliphatic carbocycles. The Morgan fingerprint density at radius 1 is 1.24 bits per heavy atom. The number of nitrogens with one attached hydrogen (secondary N) is 2. The summed E-state index contributed by atoms with van der Waals surface area (Å²) in [6.07, 6.45) is 4.16. The Kier molecular flexibility index (Phi) is 4.56. The number of hydrogen-bond acceptors (Lipinski definition) is 5. The molecule has 2 N–H and O–H groups in total. The molecule has 1 aliphatic rings. The highest BCUT2D eigenvalue weighted by Crippen LogP contribution is 2.31. The molecule has 0 saturated heterocycles. The van der Waals surface area contributed by atoms with Crippen LogP contribution in [0.1, 0.15) is 24.6 Å². The zero-order valence-electron chi connectivity index (χ0n) is 13.7. The van der Waals surface area contributed by atoms with Crippen molar-refractivity contribution in [2.24, 2.45) is 5.92 Å². The second kappa shape index (κ2) is 7.14. The van der Waals surface area contributed by atoms with E-state index in [1.165, 1.54) is 6.33 Å². The summed E-state index contributed by atoms with van der Waals surface area (Å²) >= 11 is 0. The van der Waals surface area contributed by atoms with Crippen molar-refractivity contribution in [2.75, 3.05) is 18.5 Å². The van der Waals surface area contributed by atoms with Crippen molar-refractivity contribution in [1.29, 1.82) is 0 Å². The van der Waals surface area contributed by atoms with Gasteiger partial charge in [-0.1, -0.05) is 30.3 Å². The number of H-pyrrole nitrogens is 1. The second-order valence-electron chi connectivity index (χ2n) is 6.45. The highest BCUT2D eigenvalue weighted by atomic mass is 19.1. The van der Waals surface area contributed by atoms with E-state index in [-0.39, 0.29) is 6.61 Å². The third kappa shape index (κ3) is 3.61. The summed E-state index contributed by atoms with van der Waals surface area (Å²) in [6, 6.07) is 9.50. The molecule has 2 aromatic heterocycles. The third-order valence-corrected chi connectivity index (χ3v) is 4.60. The summed E-state index contributed by atoms with van der Waals surface area (Å²) in [5, 5.41) is 11.1. The van der Waals surface area contributed by atoms with Gasteiger partial charge in [-0.2, -0.15) is 5.10 Å².